The zero-order valence-corrected chi connectivity index (χ0v) is 15.2. The van der Waals surface area contributed by atoms with Crippen molar-refractivity contribution in [3.63, 3.8) is 0 Å². The van der Waals surface area contributed by atoms with Crippen LogP contribution in [0.4, 0.5) is 10.5 Å². The number of amides is 2. The first-order chi connectivity index (χ1) is 11.7. The van der Waals surface area contributed by atoms with Crippen LogP contribution in [0.2, 0.25) is 0 Å². The van der Waals surface area contributed by atoms with Gasteiger partial charge in [0, 0.05) is 37.9 Å². The largest absolute Gasteiger partial charge is 0.368 e. The molecule has 0 radical (unpaired) electrons. The zero-order chi connectivity index (χ0) is 16.9. The molecule has 2 fully saturated rings. The van der Waals surface area contributed by atoms with E-state index in [1.54, 1.807) is 0 Å². The Bertz CT molecular complexity index is 558. The van der Waals surface area contributed by atoms with Crippen molar-refractivity contribution in [1.82, 2.24) is 10.2 Å². The van der Waals surface area contributed by atoms with Crippen molar-refractivity contribution in [2.75, 3.05) is 31.1 Å². The fourth-order valence-corrected chi connectivity index (χ4v) is 4.10. The number of para-hydroxylation sites is 1. The number of hydrogen-bond donors (Lipinski definition) is 1. The Morgan fingerprint density at radius 3 is 2.50 bits per heavy atom. The fourth-order valence-electron chi connectivity index (χ4n) is 4.10. The molecule has 0 unspecified atom stereocenters. The van der Waals surface area contributed by atoms with Gasteiger partial charge in [0.1, 0.15) is 0 Å². The highest BCUT2D eigenvalue weighted by Crippen LogP contribution is 2.27. The molecule has 2 aliphatic rings. The van der Waals surface area contributed by atoms with E-state index in [2.05, 4.69) is 42.3 Å². The maximum atomic E-state index is 12.5. The van der Waals surface area contributed by atoms with Gasteiger partial charge in [-0.15, -0.1) is 0 Å². The minimum atomic E-state index is 0.141. The second kappa shape index (κ2) is 7.91. The van der Waals surface area contributed by atoms with E-state index in [1.807, 2.05) is 4.90 Å². The van der Waals surface area contributed by atoms with Gasteiger partial charge >= 0.3 is 6.03 Å². The van der Waals surface area contributed by atoms with Gasteiger partial charge in [0.15, 0.2) is 0 Å². The molecule has 24 heavy (non-hydrogen) atoms. The number of carbonyl (C=O) groups excluding carboxylic acids is 1. The maximum Gasteiger partial charge on any atom is 0.317 e. The van der Waals surface area contributed by atoms with E-state index in [4.69, 9.17) is 0 Å². The summed E-state index contributed by atoms with van der Waals surface area (Å²) in [5.41, 5.74) is 4.14. The molecule has 1 N–H and O–H groups in total. The van der Waals surface area contributed by atoms with Gasteiger partial charge in [-0.2, -0.15) is 0 Å². The number of nitrogens with zero attached hydrogens (tertiary/aromatic N) is 2. The Kier molecular flexibility index (Phi) is 5.64. The van der Waals surface area contributed by atoms with Gasteiger partial charge in [-0.1, -0.05) is 44.4 Å². The first-order valence-electron chi connectivity index (χ1n) is 9.58. The van der Waals surface area contributed by atoms with E-state index < -0.39 is 0 Å². The number of anilines is 1. The summed E-state index contributed by atoms with van der Waals surface area (Å²) < 4.78 is 0. The van der Waals surface area contributed by atoms with Gasteiger partial charge in [-0.05, 0) is 37.3 Å². The lowest BCUT2D eigenvalue weighted by atomic mass is 9.96. The number of hydrogen-bond acceptors (Lipinski definition) is 2. The van der Waals surface area contributed by atoms with Gasteiger partial charge < -0.3 is 15.1 Å². The average Bonchev–Trinajstić information content (AvgIpc) is 2.62. The van der Waals surface area contributed by atoms with Crippen molar-refractivity contribution >= 4 is 11.7 Å². The van der Waals surface area contributed by atoms with Gasteiger partial charge in [0.25, 0.3) is 0 Å². The van der Waals surface area contributed by atoms with Crippen LogP contribution in [-0.4, -0.2) is 43.2 Å². The number of nitrogens with one attached hydrogen (secondary N) is 1. The van der Waals surface area contributed by atoms with Crippen molar-refractivity contribution in [1.29, 1.82) is 0 Å². The quantitative estimate of drug-likeness (QED) is 0.917. The third-order valence-electron chi connectivity index (χ3n) is 5.52. The van der Waals surface area contributed by atoms with Crippen LogP contribution in [0.5, 0.6) is 0 Å². The van der Waals surface area contributed by atoms with Gasteiger partial charge in [0.2, 0.25) is 0 Å². The van der Waals surface area contributed by atoms with Crippen molar-refractivity contribution in [3.05, 3.63) is 29.3 Å². The first kappa shape index (κ1) is 17.1. The molecule has 0 bridgehead atoms. The van der Waals surface area contributed by atoms with Crippen molar-refractivity contribution < 1.29 is 4.79 Å². The highest BCUT2D eigenvalue weighted by atomic mass is 16.2. The number of benzene rings is 1. The second-order valence-corrected chi connectivity index (χ2v) is 7.19. The molecule has 4 heteroatoms. The summed E-state index contributed by atoms with van der Waals surface area (Å²) in [5.74, 6) is 0. The van der Waals surface area contributed by atoms with Gasteiger partial charge in [0.05, 0.1) is 0 Å². The lowest BCUT2D eigenvalue weighted by Gasteiger charge is -2.38. The molecule has 0 atom stereocenters. The Labute approximate surface area is 146 Å². The van der Waals surface area contributed by atoms with Crippen LogP contribution in [0.25, 0.3) is 0 Å². The van der Waals surface area contributed by atoms with Crippen LogP contribution in [0.1, 0.15) is 50.2 Å². The van der Waals surface area contributed by atoms with E-state index >= 15 is 0 Å². The van der Waals surface area contributed by atoms with E-state index in [1.165, 1.54) is 36.1 Å². The van der Waals surface area contributed by atoms with E-state index in [-0.39, 0.29) is 6.03 Å². The monoisotopic (exact) mass is 329 g/mol. The Balaban J connectivity index is 1.57. The van der Waals surface area contributed by atoms with Crippen LogP contribution < -0.4 is 10.2 Å². The molecule has 1 aromatic rings. The highest BCUT2D eigenvalue weighted by molar-refractivity contribution is 5.75. The van der Waals surface area contributed by atoms with Gasteiger partial charge in [-0.25, -0.2) is 4.79 Å². The minimum absolute atomic E-state index is 0.141. The van der Waals surface area contributed by atoms with E-state index in [0.29, 0.717) is 6.04 Å². The highest BCUT2D eigenvalue weighted by Gasteiger charge is 2.25. The molecule has 4 nitrogen and oxygen atoms in total. The molecule has 1 aliphatic carbocycles. The van der Waals surface area contributed by atoms with E-state index in [9.17, 15) is 4.79 Å². The third-order valence-corrected chi connectivity index (χ3v) is 5.52. The summed E-state index contributed by atoms with van der Waals surface area (Å²) in [7, 11) is 0. The minimum Gasteiger partial charge on any atom is -0.368 e. The third kappa shape index (κ3) is 3.85. The number of rotatable bonds is 3. The SMILES string of the molecule is CCc1cccc(C)c1N1CCN(C(=O)NC2CCCCC2)CC1. The summed E-state index contributed by atoms with van der Waals surface area (Å²) in [6.45, 7) is 7.89. The normalized spacial score (nSPS) is 19.4. The summed E-state index contributed by atoms with van der Waals surface area (Å²) >= 11 is 0. The lowest BCUT2D eigenvalue weighted by Crippen LogP contribution is -2.54. The van der Waals surface area contributed by atoms with Crippen LogP contribution in [0.15, 0.2) is 18.2 Å². The molecule has 1 aliphatic heterocycles. The molecule has 1 saturated carbocycles. The summed E-state index contributed by atoms with van der Waals surface area (Å²) in [5, 5.41) is 3.25. The average molecular weight is 329 g/mol. The molecule has 1 aromatic carbocycles. The lowest BCUT2D eigenvalue weighted by molar-refractivity contribution is 0.186. The second-order valence-electron chi connectivity index (χ2n) is 7.19. The van der Waals surface area contributed by atoms with Gasteiger partial charge in [-0.3, -0.25) is 0 Å². The van der Waals surface area contributed by atoms with Crippen LogP contribution in [-0.2, 0) is 6.42 Å². The molecule has 132 valence electrons. The Hall–Kier alpha value is -1.71. The number of piperazine rings is 1. The van der Waals surface area contributed by atoms with E-state index in [0.717, 1.165) is 45.4 Å². The van der Waals surface area contributed by atoms with Crippen molar-refractivity contribution in [2.24, 2.45) is 0 Å². The zero-order valence-electron chi connectivity index (χ0n) is 15.2. The standard InChI is InChI=1S/C20H31N3O/c1-3-17-9-7-8-16(2)19(17)22-12-14-23(15-13-22)20(24)21-18-10-5-4-6-11-18/h7-9,18H,3-6,10-15H2,1-2H3,(H,21,24). The summed E-state index contributed by atoms with van der Waals surface area (Å²) in [6, 6.07) is 7.10. The molecular weight excluding hydrogens is 298 g/mol. The smallest absolute Gasteiger partial charge is 0.317 e. The molecule has 1 heterocycles. The number of urea groups is 1. The molecular formula is C20H31N3O. The van der Waals surface area contributed by atoms with Crippen LogP contribution >= 0.6 is 0 Å². The summed E-state index contributed by atoms with van der Waals surface area (Å²) in [4.78, 5) is 16.9. The number of carbonyl (C=O) groups is 1. The predicted octanol–water partition coefficient (Wildman–Crippen LogP) is 3.72. The van der Waals surface area contributed by atoms with Crippen molar-refractivity contribution in [2.45, 2.75) is 58.4 Å². The number of aryl methyl sites for hydroxylation is 2. The molecule has 0 spiro atoms. The molecule has 3 rings (SSSR count). The molecule has 0 aromatic heterocycles. The topological polar surface area (TPSA) is 35.6 Å². The first-order valence-corrected chi connectivity index (χ1v) is 9.58. The predicted molar refractivity (Wildman–Crippen MR) is 99.7 cm³/mol. The van der Waals surface area contributed by atoms with Crippen molar-refractivity contribution in [3.8, 4) is 0 Å². The Morgan fingerprint density at radius 1 is 1.12 bits per heavy atom. The molecule has 2 amide bonds. The summed E-state index contributed by atoms with van der Waals surface area (Å²) in [6.07, 6.45) is 7.18. The fraction of sp³-hybridized carbons (Fsp3) is 0.650. The van der Waals surface area contributed by atoms with Crippen LogP contribution in [0, 0.1) is 6.92 Å². The maximum absolute atomic E-state index is 12.5. The molecule has 1 saturated heterocycles. The van der Waals surface area contributed by atoms with Crippen LogP contribution in [0.3, 0.4) is 0 Å². The Morgan fingerprint density at radius 2 is 1.83 bits per heavy atom.